The maximum Gasteiger partial charge on any atom is 0.339 e. The van der Waals surface area contributed by atoms with Crippen LogP contribution in [0.2, 0.25) is 0 Å². The molecule has 0 unspecified atom stereocenters. The van der Waals surface area contributed by atoms with E-state index in [0.717, 1.165) is 23.1 Å². The second-order valence-corrected chi connectivity index (χ2v) is 7.88. The monoisotopic (exact) mass is 409 g/mol. The number of rotatable bonds is 8. The number of nitro groups is 1. The predicted molar refractivity (Wildman–Crippen MR) is 103 cm³/mol. The van der Waals surface area contributed by atoms with Gasteiger partial charge >= 0.3 is 12.0 Å². The number of thioether (sulfide) groups is 1. The molecule has 1 heterocycles. The molecule has 0 aromatic heterocycles. The van der Waals surface area contributed by atoms with Crippen LogP contribution in [0.25, 0.3) is 0 Å². The van der Waals surface area contributed by atoms with Crippen LogP contribution in [-0.2, 0) is 9.53 Å². The summed E-state index contributed by atoms with van der Waals surface area (Å²) in [6.45, 7) is 6.04. The zero-order chi connectivity index (χ0) is 20.8. The summed E-state index contributed by atoms with van der Waals surface area (Å²) in [5.41, 5.74) is -0.202. The molecule has 1 fully saturated rings. The number of urea groups is 1. The summed E-state index contributed by atoms with van der Waals surface area (Å²) in [6, 6.07) is 3.57. The third kappa shape index (κ3) is 5.44. The standard InChI is InChI=1S/C18H23N3O6S/c1-11(2)6-9-28-15-5-4-13(10-14(15)21(25)26)17(23)27-12(3)16(22)20-8-7-19-18(20)24/h4-5,10-12H,6-9H2,1-3H3,(H,19,24)/t12-/m0/s1. The third-order valence-electron chi connectivity index (χ3n) is 4.10. The van der Waals surface area contributed by atoms with Crippen molar-refractivity contribution in [1.82, 2.24) is 10.2 Å². The van der Waals surface area contributed by atoms with Crippen LogP contribution in [0.3, 0.4) is 0 Å². The van der Waals surface area contributed by atoms with Gasteiger partial charge in [0.05, 0.1) is 15.4 Å². The Labute approximate surface area is 166 Å². The lowest BCUT2D eigenvalue weighted by Crippen LogP contribution is -2.41. The van der Waals surface area contributed by atoms with Crippen molar-refractivity contribution in [3.63, 3.8) is 0 Å². The van der Waals surface area contributed by atoms with Gasteiger partial charge in [-0.05, 0) is 37.1 Å². The SMILES string of the molecule is CC(C)CCSc1ccc(C(=O)O[C@@H](C)C(=O)N2CCNC2=O)cc1[N+](=O)[O-]. The molecule has 3 amide bonds. The van der Waals surface area contributed by atoms with Crippen LogP contribution >= 0.6 is 11.8 Å². The minimum atomic E-state index is -1.18. The molecule has 0 bridgehead atoms. The van der Waals surface area contributed by atoms with Gasteiger partial charge in [0.1, 0.15) is 0 Å². The molecule has 1 aliphatic heterocycles. The lowest BCUT2D eigenvalue weighted by molar-refractivity contribution is -0.387. The first-order valence-corrected chi connectivity index (χ1v) is 9.90. The average Bonchev–Trinajstić information content (AvgIpc) is 3.06. The molecule has 9 nitrogen and oxygen atoms in total. The average molecular weight is 409 g/mol. The fourth-order valence-corrected chi connectivity index (χ4v) is 3.75. The van der Waals surface area contributed by atoms with Gasteiger partial charge < -0.3 is 10.1 Å². The molecule has 1 atom stereocenters. The van der Waals surface area contributed by atoms with Crippen molar-refractivity contribution in [3.8, 4) is 0 Å². The van der Waals surface area contributed by atoms with Gasteiger partial charge in [0.15, 0.2) is 6.10 Å². The molecule has 152 valence electrons. The van der Waals surface area contributed by atoms with E-state index in [1.807, 2.05) is 0 Å². The lowest BCUT2D eigenvalue weighted by Gasteiger charge is -2.18. The number of carbonyl (C=O) groups is 3. The Hall–Kier alpha value is -2.62. The zero-order valence-corrected chi connectivity index (χ0v) is 16.8. The van der Waals surface area contributed by atoms with E-state index in [0.29, 0.717) is 17.4 Å². The van der Waals surface area contributed by atoms with E-state index in [2.05, 4.69) is 19.2 Å². The zero-order valence-electron chi connectivity index (χ0n) is 16.0. The maximum absolute atomic E-state index is 12.3. The molecular weight excluding hydrogens is 386 g/mol. The van der Waals surface area contributed by atoms with Gasteiger partial charge in [0.25, 0.3) is 11.6 Å². The third-order valence-corrected chi connectivity index (χ3v) is 5.19. The molecule has 1 aliphatic rings. The number of nitro benzene ring substituents is 1. The number of ether oxygens (including phenoxy) is 1. The van der Waals surface area contributed by atoms with Crippen LogP contribution in [0.15, 0.2) is 23.1 Å². The Morgan fingerprint density at radius 1 is 1.36 bits per heavy atom. The summed E-state index contributed by atoms with van der Waals surface area (Å²) in [5, 5.41) is 13.9. The normalized spacial score (nSPS) is 14.7. The fourth-order valence-electron chi connectivity index (χ4n) is 2.49. The summed E-state index contributed by atoms with van der Waals surface area (Å²) in [6.07, 6.45) is -0.273. The largest absolute Gasteiger partial charge is 0.449 e. The van der Waals surface area contributed by atoms with Gasteiger partial charge in [0, 0.05) is 19.2 Å². The summed E-state index contributed by atoms with van der Waals surface area (Å²) in [5.74, 6) is -0.287. The topological polar surface area (TPSA) is 119 Å². The second-order valence-electron chi connectivity index (χ2n) is 6.74. The predicted octanol–water partition coefficient (Wildman–Crippen LogP) is 2.83. The van der Waals surface area contributed by atoms with E-state index in [9.17, 15) is 24.5 Å². The first kappa shape index (κ1) is 21.7. The number of hydrogen-bond donors (Lipinski definition) is 1. The summed E-state index contributed by atoms with van der Waals surface area (Å²) in [4.78, 5) is 48.3. The van der Waals surface area contributed by atoms with Crippen molar-refractivity contribution in [2.24, 2.45) is 5.92 Å². The first-order chi connectivity index (χ1) is 13.2. The highest BCUT2D eigenvalue weighted by atomic mass is 32.2. The molecule has 28 heavy (non-hydrogen) atoms. The number of imide groups is 1. The van der Waals surface area contributed by atoms with Crippen LogP contribution in [0, 0.1) is 16.0 Å². The Bertz CT molecular complexity index is 783. The van der Waals surface area contributed by atoms with E-state index in [-0.39, 0.29) is 17.8 Å². The van der Waals surface area contributed by atoms with E-state index < -0.39 is 28.9 Å². The maximum atomic E-state index is 12.3. The van der Waals surface area contributed by atoms with Crippen molar-refractivity contribution >= 4 is 35.4 Å². The number of esters is 1. The Morgan fingerprint density at radius 3 is 2.64 bits per heavy atom. The second kappa shape index (κ2) is 9.54. The molecule has 0 radical (unpaired) electrons. The lowest BCUT2D eigenvalue weighted by atomic mass is 10.2. The van der Waals surface area contributed by atoms with Crippen molar-refractivity contribution in [1.29, 1.82) is 0 Å². The van der Waals surface area contributed by atoms with Crippen molar-refractivity contribution in [2.75, 3.05) is 18.8 Å². The smallest absolute Gasteiger partial charge is 0.339 e. The van der Waals surface area contributed by atoms with E-state index in [1.54, 1.807) is 0 Å². The first-order valence-electron chi connectivity index (χ1n) is 8.92. The van der Waals surface area contributed by atoms with E-state index >= 15 is 0 Å². The number of carbonyl (C=O) groups excluding carboxylic acids is 3. The van der Waals surface area contributed by atoms with Gasteiger partial charge in [0.2, 0.25) is 0 Å². The Balaban J connectivity index is 2.07. The highest BCUT2D eigenvalue weighted by molar-refractivity contribution is 7.99. The number of nitrogens with zero attached hydrogens (tertiary/aromatic N) is 2. The molecule has 1 aromatic rings. The summed E-state index contributed by atoms with van der Waals surface area (Å²) < 4.78 is 5.11. The minimum absolute atomic E-state index is 0.0227. The molecule has 0 spiro atoms. The number of amides is 3. The summed E-state index contributed by atoms with van der Waals surface area (Å²) >= 11 is 1.36. The quantitative estimate of drug-likeness (QED) is 0.303. The van der Waals surface area contributed by atoms with Crippen LogP contribution in [-0.4, -0.2) is 52.7 Å². The molecule has 0 aliphatic carbocycles. The molecule has 1 aromatic carbocycles. The van der Waals surface area contributed by atoms with E-state index in [1.165, 1.54) is 30.8 Å². The van der Waals surface area contributed by atoms with Crippen molar-refractivity contribution < 1.29 is 24.0 Å². The van der Waals surface area contributed by atoms with Gasteiger partial charge in [-0.1, -0.05) is 13.8 Å². The van der Waals surface area contributed by atoms with Crippen LogP contribution in [0.4, 0.5) is 10.5 Å². The van der Waals surface area contributed by atoms with Gasteiger partial charge in [-0.25, -0.2) is 9.59 Å². The van der Waals surface area contributed by atoms with Gasteiger partial charge in [-0.3, -0.25) is 19.8 Å². The molecule has 10 heteroatoms. The Kier molecular flexibility index (Phi) is 7.38. The molecule has 1 N–H and O–H groups in total. The highest BCUT2D eigenvalue weighted by Gasteiger charge is 2.32. The summed E-state index contributed by atoms with van der Waals surface area (Å²) in [7, 11) is 0. The van der Waals surface area contributed by atoms with Gasteiger partial charge in [-0.2, -0.15) is 0 Å². The minimum Gasteiger partial charge on any atom is -0.449 e. The van der Waals surface area contributed by atoms with Crippen LogP contribution < -0.4 is 5.32 Å². The molecule has 0 saturated carbocycles. The Morgan fingerprint density at radius 2 is 2.07 bits per heavy atom. The van der Waals surface area contributed by atoms with Crippen LogP contribution in [0.5, 0.6) is 0 Å². The van der Waals surface area contributed by atoms with Crippen LogP contribution in [0.1, 0.15) is 37.6 Å². The molecular formula is C18H23N3O6S. The van der Waals surface area contributed by atoms with Crippen molar-refractivity contribution in [3.05, 3.63) is 33.9 Å². The number of hydrogen-bond acceptors (Lipinski definition) is 7. The van der Waals surface area contributed by atoms with E-state index in [4.69, 9.17) is 4.74 Å². The highest BCUT2D eigenvalue weighted by Crippen LogP contribution is 2.31. The molecule has 2 rings (SSSR count). The van der Waals surface area contributed by atoms with Gasteiger partial charge in [-0.15, -0.1) is 11.8 Å². The molecule has 1 saturated heterocycles. The number of nitrogens with one attached hydrogen (secondary N) is 1. The van der Waals surface area contributed by atoms with Crippen molar-refractivity contribution in [2.45, 2.75) is 38.2 Å². The fraction of sp³-hybridized carbons (Fsp3) is 0.500. The number of benzene rings is 1.